The maximum atomic E-state index is 11.1. The van der Waals surface area contributed by atoms with E-state index in [4.69, 9.17) is 21.1 Å². The van der Waals surface area contributed by atoms with Crippen LogP contribution in [0.5, 0.6) is 0 Å². The molecule has 0 heterocycles. The molecule has 0 fully saturated rings. The van der Waals surface area contributed by atoms with Crippen LogP contribution in [-0.4, -0.2) is 24.1 Å². The van der Waals surface area contributed by atoms with Crippen molar-refractivity contribution in [2.45, 2.75) is 33.8 Å². The fraction of sp³-hybridized carbons (Fsp3) is 0.800. The second kappa shape index (κ2) is 6.67. The molecule has 0 bridgehead atoms. The summed E-state index contributed by atoms with van der Waals surface area (Å²) in [5.74, 6) is 0.0587. The highest BCUT2D eigenvalue weighted by atomic mass is 35.5. The molecule has 0 aliphatic carbocycles. The van der Waals surface area contributed by atoms with Gasteiger partial charge in [-0.25, -0.2) is 4.79 Å². The highest BCUT2D eigenvalue weighted by molar-refractivity contribution is 6.64. The lowest BCUT2D eigenvalue weighted by atomic mass is 10.1. The third-order valence-electron chi connectivity index (χ3n) is 1.59. The highest BCUT2D eigenvalue weighted by Crippen LogP contribution is 2.11. The van der Waals surface area contributed by atoms with Gasteiger partial charge < -0.3 is 9.47 Å². The lowest BCUT2D eigenvalue weighted by Crippen LogP contribution is -2.30. The van der Waals surface area contributed by atoms with E-state index in [1.165, 1.54) is 0 Å². The fourth-order valence-electron chi connectivity index (χ4n) is 0.817. The second-order valence-corrected chi connectivity index (χ2v) is 4.41. The van der Waals surface area contributed by atoms with Crippen LogP contribution >= 0.6 is 11.6 Å². The first-order chi connectivity index (χ1) is 6.84. The predicted molar refractivity (Wildman–Crippen MR) is 56.8 cm³/mol. The van der Waals surface area contributed by atoms with Crippen molar-refractivity contribution >= 4 is 23.0 Å². The Balaban J connectivity index is 4.07. The second-order valence-electron chi connectivity index (χ2n) is 4.04. The topological polar surface area (TPSA) is 52.6 Å². The van der Waals surface area contributed by atoms with Crippen LogP contribution in [0.2, 0.25) is 0 Å². The predicted octanol–water partition coefficient (Wildman–Crippen LogP) is 2.59. The third-order valence-corrected chi connectivity index (χ3v) is 1.80. The van der Waals surface area contributed by atoms with E-state index in [0.29, 0.717) is 0 Å². The number of carbonyl (C=O) groups excluding carboxylic acids is 2. The zero-order chi connectivity index (χ0) is 12.0. The van der Waals surface area contributed by atoms with Crippen LogP contribution in [0, 0.1) is 11.8 Å². The Labute approximate surface area is 94.9 Å². The summed E-state index contributed by atoms with van der Waals surface area (Å²) in [6.07, 6.45) is -1.79. The van der Waals surface area contributed by atoms with Crippen molar-refractivity contribution < 1.29 is 19.1 Å². The smallest absolute Gasteiger partial charge is 0.434 e. The molecule has 0 spiro atoms. The largest absolute Gasteiger partial charge is 0.509 e. The zero-order valence-electron chi connectivity index (χ0n) is 9.45. The minimum Gasteiger partial charge on any atom is -0.434 e. The van der Waals surface area contributed by atoms with E-state index in [0.717, 1.165) is 0 Å². The minimum atomic E-state index is -0.939. The average Bonchev–Trinajstić information content (AvgIpc) is 2.09. The van der Waals surface area contributed by atoms with E-state index in [9.17, 15) is 9.59 Å². The van der Waals surface area contributed by atoms with Crippen LogP contribution in [0.15, 0.2) is 0 Å². The van der Waals surface area contributed by atoms with Gasteiger partial charge in [0.05, 0.1) is 6.61 Å². The minimum absolute atomic E-state index is 0.165. The number of hydrogen-bond acceptors (Lipinski definition) is 4. The van der Waals surface area contributed by atoms with E-state index < -0.39 is 17.5 Å². The summed E-state index contributed by atoms with van der Waals surface area (Å²) < 4.78 is 9.54. The quantitative estimate of drug-likeness (QED) is 0.544. The van der Waals surface area contributed by atoms with Gasteiger partial charge in [-0.2, -0.15) is 0 Å². The van der Waals surface area contributed by atoms with Crippen molar-refractivity contribution in [1.29, 1.82) is 0 Å². The van der Waals surface area contributed by atoms with Crippen molar-refractivity contribution in [3.63, 3.8) is 0 Å². The molecule has 0 aliphatic heterocycles. The molecule has 0 N–H and O–H groups in total. The molecule has 88 valence electrons. The van der Waals surface area contributed by atoms with Crippen molar-refractivity contribution in [2.24, 2.45) is 11.8 Å². The Hall–Kier alpha value is -0.770. The Bertz CT molecular complexity index is 225. The molecule has 0 aromatic heterocycles. The van der Waals surface area contributed by atoms with Gasteiger partial charge in [-0.15, -0.1) is 0 Å². The summed E-state index contributed by atoms with van der Waals surface area (Å²) in [5.41, 5.74) is 0. The van der Waals surface area contributed by atoms with Crippen molar-refractivity contribution in [2.75, 3.05) is 6.61 Å². The lowest BCUT2D eigenvalue weighted by Gasteiger charge is -2.17. The first-order valence-electron chi connectivity index (χ1n) is 4.87. The summed E-state index contributed by atoms with van der Waals surface area (Å²) in [6.45, 7) is 7.54. The fourth-order valence-corrected chi connectivity index (χ4v) is 1.11. The monoisotopic (exact) mass is 236 g/mol. The van der Waals surface area contributed by atoms with Gasteiger partial charge in [-0.05, 0) is 23.4 Å². The Morgan fingerprint density at radius 3 is 2.07 bits per heavy atom. The molecule has 0 unspecified atom stereocenters. The molecule has 0 aromatic carbocycles. The maximum absolute atomic E-state index is 11.1. The van der Waals surface area contributed by atoms with E-state index >= 15 is 0 Å². The molecule has 4 nitrogen and oxygen atoms in total. The van der Waals surface area contributed by atoms with Crippen LogP contribution < -0.4 is 0 Å². The van der Waals surface area contributed by atoms with Crippen molar-refractivity contribution in [3.05, 3.63) is 0 Å². The van der Waals surface area contributed by atoms with E-state index in [-0.39, 0.29) is 18.4 Å². The normalized spacial score (nSPS) is 12.7. The van der Waals surface area contributed by atoms with Gasteiger partial charge in [-0.1, -0.05) is 27.7 Å². The highest BCUT2D eigenvalue weighted by Gasteiger charge is 2.25. The van der Waals surface area contributed by atoms with Crippen molar-refractivity contribution in [3.8, 4) is 0 Å². The number of ether oxygens (including phenoxy) is 2. The summed E-state index contributed by atoms with van der Waals surface area (Å²) in [5, 5.41) is -0.688. The van der Waals surface area contributed by atoms with Crippen LogP contribution in [-0.2, 0) is 14.3 Å². The van der Waals surface area contributed by atoms with E-state index in [2.05, 4.69) is 0 Å². The van der Waals surface area contributed by atoms with Crippen LogP contribution in [0.4, 0.5) is 4.79 Å². The third kappa shape index (κ3) is 6.33. The molecule has 0 radical (unpaired) electrons. The Morgan fingerprint density at radius 2 is 1.73 bits per heavy atom. The molecular weight excluding hydrogens is 220 g/mol. The molecule has 0 aliphatic rings. The summed E-state index contributed by atoms with van der Waals surface area (Å²) >= 11 is 5.27. The van der Waals surface area contributed by atoms with Gasteiger partial charge >= 0.3 is 6.16 Å². The number of halogens is 1. The number of hydrogen-bond donors (Lipinski definition) is 0. The molecule has 0 saturated carbocycles. The Morgan fingerprint density at radius 1 is 1.20 bits per heavy atom. The molecule has 5 heteroatoms. The first kappa shape index (κ1) is 14.2. The Kier molecular flexibility index (Phi) is 6.32. The first-order valence-corrected chi connectivity index (χ1v) is 5.25. The summed E-state index contributed by atoms with van der Waals surface area (Å²) in [4.78, 5) is 22.0. The van der Waals surface area contributed by atoms with Gasteiger partial charge in [0.2, 0.25) is 0 Å². The van der Waals surface area contributed by atoms with Gasteiger partial charge in [0.15, 0.2) is 6.10 Å². The van der Waals surface area contributed by atoms with E-state index in [1.54, 1.807) is 13.8 Å². The maximum Gasteiger partial charge on any atom is 0.509 e. The molecule has 15 heavy (non-hydrogen) atoms. The zero-order valence-corrected chi connectivity index (χ0v) is 10.2. The van der Waals surface area contributed by atoms with E-state index in [1.807, 2.05) is 13.8 Å². The van der Waals surface area contributed by atoms with Crippen LogP contribution in [0.25, 0.3) is 0 Å². The SMILES string of the molecule is CC(C)COC(=O)O[C@H](C(=O)Cl)C(C)C. The summed E-state index contributed by atoms with van der Waals surface area (Å²) in [6, 6.07) is 0. The molecule has 0 amide bonds. The molecule has 0 rings (SSSR count). The van der Waals surface area contributed by atoms with Crippen LogP contribution in [0.1, 0.15) is 27.7 Å². The molecule has 1 atom stereocenters. The van der Waals surface area contributed by atoms with Gasteiger partial charge in [0, 0.05) is 0 Å². The molecule has 0 saturated heterocycles. The molecular formula is C10H17ClO4. The number of rotatable bonds is 5. The standard InChI is InChI=1S/C10H17ClO4/c1-6(2)5-14-10(13)15-8(7(3)4)9(11)12/h6-8H,5H2,1-4H3/t8-/m0/s1. The van der Waals surface area contributed by atoms with Crippen molar-refractivity contribution in [1.82, 2.24) is 0 Å². The average molecular weight is 237 g/mol. The van der Waals surface area contributed by atoms with Gasteiger partial charge in [0.1, 0.15) is 0 Å². The molecule has 0 aromatic rings. The van der Waals surface area contributed by atoms with Gasteiger partial charge in [0.25, 0.3) is 5.24 Å². The summed E-state index contributed by atoms with van der Waals surface area (Å²) in [7, 11) is 0. The van der Waals surface area contributed by atoms with Crippen LogP contribution in [0.3, 0.4) is 0 Å². The lowest BCUT2D eigenvalue weighted by molar-refractivity contribution is -0.123. The number of carbonyl (C=O) groups is 2. The van der Waals surface area contributed by atoms with Gasteiger partial charge in [-0.3, -0.25) is 4.79 Å².